The van der Waals surface area contributed by atoms with Crippen molar-refractivity contribution in [1.82, 2.24) is 15.3 Å². The van der Waals surface area contributed by atoms with E-state index in [9.17, 15) is 4.79 Å². The van der Waals surface area contributed by atoms with Gasteiger partial charge in [0.05, 0.1) is 13.2 Å². The van der Waals surface area contributed by atoms with Crippen LogP contribution >= 0.6 is 0 Å². The van der Waals surface area contributed by atoms with Crippen molar-refractivity contribution < 1.29 is 14.3 Å². The normalized spacial score (nSPS) is 14.7. The molecule has 2 rings (SSSR count). The smallest absolute Gasteiger partial charge is 0.258 e. The van der Waals surface area contributed by atoms with Gasteiger partial charge in [0.2, 0.25) is 11.8 Å². The topological polar surface area (TPSA) is 76.6 Å². The van der Waals surface area contributed by atoms with E-state index in [1.165, 1.54) is 0 Å². The highest BCUT2D eigenvalue weighted by molar-refractivity contribution is 5.77. The highest BCUT2D eigenvalue weighted by Crippen LogP contribution is 2.16. The number of unbranched alkanes of at least 4 members (excludes halogenated alkanes) is 1. The first-order chi connectivity index (χ1) is 10.7. The quantitative estimate of drug-likeness (QED) is 0.755. The SMILES string of the molecule is CCCCNC(=O)COc1cc(C)nc(N2CCOCC2)n1. The molecule has 1 aliphatic rings. The van der Waals surface area contributed by atoms with Gasteiger partial charge in [0.15, 0.2) is 6.61 Å². The Labute approximate surface area is 131 Å². The van der Waals surface area contributed by atoms with Gasteiger partial charge in [-0.25, -0.2) is 4.98 Å². The lowest BCUT2D eigenvalue weighted by molar-refractivity contribution is -0.123. The third-order valence-electron chi connectivity index (χ3n) is 3.32. The Hall–Kier alpha value is -1.89. The number of carbonyl (C=O) groups is 1. The maximum atomic E-state index is 11.7. The molecule has 122 valence electrons. The zero-order valence-electron chi connectivity index (χ0n) is 13.3. The summed E-state index contributed by atoms with van der Waals surface area (Å²) in [6.07, 6.45) is 2.02. The Kier molecular flexibility index (Phi) is 6.39. The molecular weight excluding hydrogens is 284 g/mol. The van der Waals surface area contributed by atoms with Crippen molar-refractivity contribution in [1.29, 1.82) is 0 Å². The Morgan fingerprint density at radius 3 is 2.91 bits per heavy atom. The van der Waals surface area contributed by atoms with Gasteiger partial charge in [-0.15, -0.1) is 0 Å². The maximum absolute atomic E-state index is 11.7. The fourth-order valence-corrected chi connectivity index (χ4v) is 2.10. The summed E-state index contributed by atoms with van der Waals surface area (Å²) < 4.78 is 10.8. The Morgan fingerprint density at radius 2 is 2.18 bits per heavy atom. The van der Waals surface area contributed by atoms with Crippen molar-refractivity contribution in [2.45, 2.75) is 26.7 Å². The lowest BCUT2D eigenvalue weighted by Crippen LogP contribution is -2.37. The van der Waals surface area contributed by atoms with Crippen LogP contribution in [-0.2, 0) is 9.53 Å². The van der Waals surface area contributed by atoms with Crippen molar-refractivity contribution in [3.8, 4) is 5.88 Å². The van der Waals surface area contributed by atoms with E-state index in [4.69, 9.17) is 9.47 Å². The third kappa shape index (κ3) is 5.14. The second-order valence-corrected chi connectivity index (χ2v) is 5.24. The summed E-state index contributed by atoms with van der Waals surface area (Å²) in [6.45, 7) is 7.50. The fourth-order valence-electron chi connectivity index (χ4n) is 2.10. The molecule has 1 aliphatic heterocycles. The van der Waals surface area contributed by atoms with Crippen LogP contribution < -0.4 is 15.0 Å². The average molecular weight is 308 g/mol. The summed E-state index contributed by atoms with van der Waals surface area (Å²) in [5.74, 6) is 0.932. The molecule has 0 saturated carbocycles. The van der Waals surface area contributed by atoms with Crippen LogP contribution in [0.15, 0.2) is 6.07 Å². The highest BCUT2D eigenvalue weighted by Gasteiger charge is 2.15. The first-order valence-electron chi connectivity index (χ1n) is 7.77. The monoisotopic (exact) mass is 308 g/mol. The molecule has 1 amide bonds. The van der Waals surface area contributed by atoms with Crippen molar-refractivity contribution >= 4 is 11.9 Å². The number of morpholine rings is 1. The fraction of sp³-hybridized carbons (Fsp3) is 0.667. The summed E-state index contributed by atoms with van der Waals surface area (Å²) in [4.78, 5) is 22.5. The molecule has 1 aromatic rings. The lowest BCUT2D eigenvalue weighted by Gasteiger charge is -2.27. The minimum atomic E-state index is -0.127. The molecule has 0 bridgehead atoms. The number of rotatable bonds is 7. The zero-order valence-corrected chi connectivity index (χ0v) is 13.3. The number of amides is 1. The Morgan fingerprint density at radius 1 is 1.41 bits per heavy atom. The molecule has 1 saturated heterocycles. The van der Waals surface area contributed by atoms with Crippen LogP contribution in [0.4, 0.5) is 5.95 Å². The van der Waals surface area contributed by atoms with E-state index < -0.39 is 0 Å². The number of ether oxygens (including phenoxy) is 2. The van der Waals surface area contributed by atoms with Crippen molar-refractivity contribution in [2.24, 2.45) is 0 Å². The summed E-state index contributed by atoms with van der Waals surface area (Å²) in [7, 11) is 0. The molecule has 1 fully saturated rings. The largest absolute Gasteiger partial charge is 0.467 e. The van der Waals surface area contributed by atoms with Gasteiger partial charge in [0.1, 0.15) is 0 Å². The number of anilines is 1. The number of aromatic nitrogens is 2. The van der Waals surface area contributed by atoms with Crippen LogP contribution in [-0.4, -0.2) is 55.3 Å². The number of nitrogens with zero attached hydrogens (tertiary/aromatic N) is 3. The predicted molar refractivity (Wildman–Crippen MR) is 83.2 cm³/mol. The van der Waals surface area contributed by atoms with Gasteiger partial charge in [-0.2, -0.15) is 4.98 Å². The molecule has 0 aliphatic carbocycles. The van der Waals surface area contributed by atoms with Crippen LogP contribution in [0, 0.1) is 6.92 Å². The van der Waals surface area contributed by atoms with Crippen LogP contribution in [0.5, 0.6) is 5.88 Å². The second-order valence-electron chi connectivity index (χ2n) is 5.24. The van der Waals surface area contributed by atoms with Gasteiger partial charge in [-0.1, -0.05) is 13.3 Å². The van der Waals surface area contributed by atoms with Gasteiger partial charge in [-0.05, 0) is 13.3 Å². The number of aryl methyl sites for hydroxylation is 1. The third-order valence-corrected chi connectivity index (χ3v) is 3.32. The van der Waals surface area contributed by atoms with Crippen molar-refractivity contribution in [3.63, 3.8) is 0 Å². The number of carbonyl (C=O) groups excluding carboxylic acids is 1. The van der Waals surface area contributed by atoms with Gasteiger partial charge in [0, 0.05) is 31.4 Å². The second kappa shape index (κ2) is 8.53. The van der Waals surface area contributed by atoms with E-state index in [1.807, 2.05) is 6.92 Å². The molecule has 1 N–H and O–H groups in total. The molecule has 7 nitrogen and oxygen atoms in total. The van der Waals surface area contributed by atoms with Crippen LogP contribution in [0.1, 0.15) is 25.5 Å². The predicted octanol–water partition coefficient (Wildman–Crippen LogP) is 0.917. The minimum Gasteiger partial charge on any atom is -0.467 e. The summed E-state index contributed by atoms with van der Waals surface area (Å²) in [5.41, 5.74) is 0.817. The van der Waals surface area contributed by atoms with E-state index in [0.29, 0.717) is 31.6 Å². The van der Waals surface area contributed by atoms with E-state index in [-0.39, 0.29) is 12.5 Å². The van der Waals surface area contributed by atoms with Gasteiger partial charge < -0.3 is 19.7 Å². The number of hydrogen-bond acceptors (Lipinski definition) is 6. The van der Waals surface area contributed by atoms with Crippen LogP contribution in [0.2, 0.25) is 0 Å². The molecular formula is C15H24N4O3. The number of hydrogen-bond donors (Lipinski definition) is 1. The van der Waals surface area contributed by atoms with Crippen LogP contribution in [0.25, 0.3) is 0 Å². The molecule has 0 spiro atoms. The summed E-state index contributed by atoms with van der Waals surface area (Å²) in [6, 6.07) is 1.74. The van der Waals surface area contributed by atoms with Gasteiger partial charge >= 0.3 is 0 Å². The lowest BCUT2D eigenvalue weighted by atomic mass is 10.3. The van der Waals surface area contributed by atoms with E-state index in [0.717, 1.165) is 31.6 Å². The molecule has 7 heteroatoms. The average Bonchev–Trinajstić information content (AvgIpc) is 2.53. The first-order valence-corrected chi connectivity index (χ1v) is 7.77. The van der Waals surface area contributed by atoms with Crippen LogP contribution in [0.3, 0.4) is 0 Å². The van der Waals surface area contributed by atoms with E-state index >= 15 is 0 Å². The Bertz CT molecular complexity index is 490. The molecule has 2 heterocycles. The highest BCUT2D eigenvalue weighted by atomic mass is 16.5. The minimum absolute atomic E-state index is 0.0251. The zero-order chi connectivity index (χ0) is 15.8. The van der Waals surface area contributed by atoms with Gasteiger partial charge in [0.25, 0.3) is 5.91 Å². The summed E-state index contributed by atoms with van der Waals surface area (Å²) >= 11 is 0. The molecule has 1 aromatic heterocycles. The standard InChI is InChI=1S/C15H24N4O3/c1-3-4-5-16-13(20)11-22-14-10-12(2)17-15(18-14)19-6-8-21-9-7-19/h10H,3-9,11H2,1-2H3,(H,16,20). The number of nitrogens with one attached hydrogen (secondary N) is 1. The van der Waals surface area contributed by atoms with E-state index in [1.54, 1.807) is 6.07 Å². The Balaban J connectivity index is 1.90. The molecule has 0 aromatic carbocycles. The molecule has 22 heavy (non-hydrogen) atoms. The first kappa shape index (κ1) is 16.5. The molecule has 0 unspecified atom stereocenters. The maximum Gasteiger partial charge on any atom is 0.258 e. The molecule has 0 atom stereocenters. The van der Waals surface area contributed by atoms with E-state index in [2.05, 4.69) is 27.1 Å². The summed E-state index contributed by atoms with van der Waals surface area (Å²) in [5, 5.41) is 2.81. The van der Waals surface area contributed by atoms with Gasteiger partial charge in [-0.3, -0.25) is 4.79 Å². The van der Waals surface area contributed by atoms with Crippen molar-refractivity contribution in [2.75, 3.05) is 44.4 Å². The molecule has 0 radical (unpaired) electrons. The van der Waals surface area contributed by atoms with Crippen molar-refractivity contribution in [3.05, 3.63) is 11.8 Å².